The van der Waals surface area contributed by atoms with E-state index in [-0.39, 0.29) is 5.78 Å². The molecule has 4 nitrogen and oxygen atoms in total. The summed E-state index contributed by atoms with van der Waals surface area (Å²) in [5.74, 6) is 0.113. The molecule has 0 atom stereocenters. The number of ether oxygens (including phenoxy) is 1. The number of benzene rings is 1. The van der Waals surface area contributed by atoms with E-state index in [0.29, 0.717) is 12.1 Å². The molecule has 1 aromatic carbocycles. The number of morpholine rings is 1. The molecule has 0 N–H and O–H groups in total. The summed E-state index contributed by atoms with van der Waals surface area (Å²) in [4.78, 5) is 18.9. The van der Waals surface area contributed by atoms with Crippen molar-refractivity contribution in [2.75, 3.05) is 32.8 Å². The molecule has 0 aliphatic carbocycles. The molecular formula is C16H18N2O2. The molecular weight excluding hydrogens is 252 g/mol. The van der Waals surface area contributed by atoms with Crippen LogP contribution in [0.3, 0.4) is 0 Å². The van der Waals surface area contributed by atoms with E-state index in [1.54, 1.807) is 0 Å². The Kier molecular flexibility index (Phi) is 4.04. The summed E-state index contributed by atoms with van der Waals surface area (Å²) in [7, 11) is 0. The molecule has 4 heteroatoms. The summed E-state index contributed by atoms with van der Waals surface area (Å²) < 4.78 is 5.30. The minimum Gasteiger partial charge on any atom is -0.379 e. The number of Topliss-reactive ketones (excluding diaryl/α,β-unsaturated/α-hetero) is 1. The van der Waals surface area contributed by atoms with Crippen LogP contribution in [0.15, 0.2) is 36.4 Å². The first-order chi connectivity index (χ1) is 9.83. The van der Waals surface area contributed by atoms with Gasteiger partial charge < -0.3 is 4.74 Å². The highest BCUT2D eigenvalue weighted by Crippen LogP contribution is 2.13. The molecule has 2 heterocycles. The second kappa shape index (κ2) is 6.11. The normalized spacial score (nSPS) is 16.4. The van der Waals surface area contributed by atoms with Crippen LogP contribution in [0.4, 0.5) is 0 Å². The fourth-order valence-electron chi connectivity index (χ4n) is 2.43. The van der Waals surface area contributed by atoms with Gasteiger partial charge in [-0.15, -0.1) is 0 Å². The fourth-order valence-corrected chi connectivity index (χ4v) is 2.43. The van der Waals surface area contributed by atoms with Gasteiger partial charge in [0.25, 0.3) is 0 Å². The summed E-state index contributed by atoms with van der Waals surface area (Å²) >= 11 is 0. The zero-order chi connectivity index (χ0) is 13.8. The zero-order valence-corrected chi connectivity index (χ0v) is 11.4. The van der Waals surface area contributed by atoms with Crippen molar-refractivity contribution in [2.45, 2.75) is 6.42 Å². The van der Waals surface area contributed by atoms with E-state index in [2.05, 4.69) is 9.88 Å². The van der Waals surface area contributed by atoms with Crippen molar-refractivity contribution >= 4 is 16.7 Å². The van der Waals surface area contributed by atoms with Gasteiger partial charge >= 0.3 is 0 Å². The lowest BCUT2D eigenvalue weighted by molar-refractivity contribution is 0.0369. The molecule has 0 unspecified atom stereocenters. The maximum Gasteiger partial charge on any atom is 0.182 e. The molecule has 0 radical (unpaired) electrons. The van der Waals surface area contributed by atoms with Gasteiger partial charge in [0.2, 0.25) is 0 Å². The quantitative estimate of drug-likeness (QED) is 0.798. The summed E-state index contributed by atoms with van der Waals surface area (Å²) in [5.41, 5.74) is 1.45. The van der Waals surface area contributed by atoms with Gasteiger partial charge in [-0.05, 0) is 12.1 Å². The third-order valence-corrected chi connectivity index (χ3v) is 3.64. The highest BCUT2D eigenvalue weighted by Gasteiger charge is 2.14. The van der Waals surface area contributed by atoms with E-state index in [0.717, 1.165) is 43.8 Å². The Morgan fingerprint density at radius 2 is 1.95 bits per heavy atom. The van der Waals surface area contributed by atoms with Crippen molar-refractivity contribution in [3.63, 3.8) is 0 Å². The SMILES string of the molecule is O=C(CCN1CCOCC1)c1ccc2ccccc2n1. The maximum absolute atomic E-state index is 12.2. The number of hydrogen-bond acceptors (Lipinski definition) is 4. The van der Waals surface area contributed by atoms with Gasteiger partial charge in [-0.3, -0.25) is 9.69 Å². The molecule has 1 aromatic heterocycles. The number of nitrogens with zero attached hydrogens (tertiary/aromatic N) is 2. The summed E-state index contributed by atoms with van der Waals surface area (Å²) in [6.45, 7) is 4.15. The lowest BCUT2D eigenvalue weighted by Gasteiger charge is -2.26. The van der Waals surface area contributed by atoms with E-state index >= 15 is 0 Å². The Morgan fingerprint density at radius 1 is 1.15 bits per heavy atom. The molecule has 0 bridgehead atoms. The van der Waals surface area contributed by atoms with Crippen LogP contribution in [0, 0.1) is 0 Å². The number of ketones is 1. The molecule has 3 rings (SSSR count). The molecule has 2 aromatic rings. The number of rotatable bonds is 4. The Balaban J connectivity index is 1.65. The van der Waals surface area contributed by atoms with E-state index in [1.165, 1.54) is 0 Å². The fraction of sp³-hybridized carbons (Fsp3) is 0.375. The first-order valence-corrected chi connectivity index (χ1v) is 7.02. The number of aromatic nitrogens is 1. The Morgan fingerprint density at radius 3 is 2.80 bits per heavy atom. The third kappa shape index (κ3) is 3.03. The average Bonchev–Trinajstić information content (AvgIpc) is 2.53. The smallest absolute Gasteiger partial charge is 0.182 e. The molecule has 0 spiro atoms. The number of pyridine rings is 1. The van der Waals surface area contributed by atoms with Crippen LogP contribution in [-0.4, -0.2) is 48.5 Å². The number of fused-ring (bicyclic) bond motifs is 1. The summed E-state index contributed by atoms with van der Waals surface area (Å²) in [6, 6.07) is 11.6. The standard InChI is InChI=1S/C16H18N2O2/c19-16(7-8-18-9-11-20-12-10-18)15-6-5-13-3-1-2-4-14(13)17-15/h1-6H,7-12H2. The van der Waals surface area contributed by atoms with E-state index in [4.69, 9.17) is 4.74 Å². The van der Waals surface area contributed by atoms with Crippen molar-refractivity contribution in [1.82, 2.24) is 9.88 Å². The molecule has 104 valence electrons. The Hall–Kier alpha value is -1.78. The van der Waals surface area contributed by atoms with Crippen molar-refractivity contribution in [3.05, 3.63) is 42.1 Å². The van der Waals surface area contributed by atoms with Crippen LogP contribution >= 0.6 is 0 Å². The van der Waals surface area contributed by atoms with E-state index in [9.17, 15) is 4.79 Å². The average molecular weight is 270 g/mol. The monoisotopic (exact) mass is 270 g/mol. The van der Waals surface area contributed by atoms with Gasteiger partial charge in [-0.25, -0.2) is 4.98 Å². The van der Waals surface area contributed by atoms with Gasteiger partial charge in [0.15, 0.2) is 5.78 Å². The number of carbonyl (C=O) groups is 1. The molecule has 1 aliphatic rings. The van der Waals surface area contributed by atoms with Crippen LogP contribution in [0.25, 0.3) is 10.9 Å². The minimum atomic E-state index is 0.113. The second-order valence-corrected chi connectivity index (χ2v) is 5.02. The molecule has 20 heavy (non-hydrogen) atoms. The number of hydrogen-bond donors (Lipinski definition) is 0. The summed E-state index contributed by atoms with van der Waals surface area (Å²) in [6.07, 6.45) is 0.519. The minimum absolute atomic E-state index is 0.113. The van der Waals surface area contributed by atoms with E-state index in [1.807, 2.05) is 36.4 Å². The van der Waals surface area contributed by atoms with Crippen LogP contribution in [0.2, 0.25) is 0 Å². The predicted molar refractivity (Wildman–Crippen MR) is 77.9 cm³/mol. The van der Waals surface area contributed by atoms with Gasteiger partial charge in [0.1, 0.15) is 5.69 Å². The highest BCUT2D eigenvalue weighted by molar-refractivity contribution is 5.96. The zero-order valence-electron chi connectivity index (χ0n) is 11.4. The molecule has 1 saturated heterocycles. The van der Waals surface area contributed by atoms with Crippen LogP contribution < -0.4 is 0 Å². The lowest BCUT2D eigenvalue weighted by Crippen LogP contribution is -2.37. The van der Waals surface area contributed by atoms with Crippen molar-refractivity contribution < 1.29 is 9.53 Å². The van der Waals surface area contributed by atoms with Crippen LogP contribution in [-0.2, 0) is 4.74 Å². The van der Waals surface area contributed by atoms with Crippen LogP contribution in [0.5, 0.6) is 0 Å². The van der Waals surface area contributed by atoms with Gasteiger partial charge in [-0.2, -0.15) is 0 Å². The number of carbonyl (C=O) groups excluding carboxylic acids is 1. The Bertz CT molecular complexity index is 606. The van der Waals surface area contributed by atoms with Crippen molar-refractivity contribution in [1.29, 1.82) is 0 Å². The first-order valence-electron chi connectivity index (χ1n) is 7.02. The van der Waals surface area contributed by atoms with Gasteiger partial charge in [0.05, 0.1) is 18.7 Å². The maximum atomic E-state index is 12.2. The summed E-state index contributed by atoms with van der Waals surface area (Å²) in [5, 5.41) is 1.07. The first kappa shape index (κ1) is 13.2. The highest BCUT2D eigenvalue weighted by atomic mass is 16.5. The van der Waals surface area contributed by atoms with Crippen molar-refractivity contribution in [2.24, 2.45) is 0 Å². The lowest BCUT2D eigenvalue weighted by atomic mass is 10.1. The third-order valence-electron chi connectivity index (χ3n) is 3.64. The largest absolute Gasteiger partial charge is 0.379 e. The predicted octanol–water partition coefficient (Wildman–Crippen LogP) is 2.14. The second-order valence-electron chi connectivity index (χ2n) is 5.02. The van der Waals surface area contributed by atoms with Crippen molar-refractivity contribution in [3.8, 4) is 0 Å². The van der Waals surface area contributed by atoms with Crippen LogP contribution in [0.1, 0.15) is 16.9 Å². The topological polar surface area (TPSA) is 42.4 Å². The molecule has 0 saturated carbocycles. The van der Waals surface area contributed by atoms with Gasteiger partial charge in [0, 0.05) is 31.4 Å². The Labute approximate surface area is 118 Å². The van der Waals surface area contributed by atoms with Gasteiger partial charge in [-0.1, -0.05) is 24.3 Å². The number of para-hydroxylation sites is 1. The van der Waals surface area contributed by atoms with E-state index < -0.39 is 0 Å². The molecule has 1 aliphatic heterocycles. The molecule has 1 fully saturated rings. The molecule has 0 amide bonds.